The Labute approximate surface area is 130 Å². The summed E-state index contributed by atoms with van der Waals surface area (Å²) in [5, 5.41) is 0. The van der Waals surface area contributed by atoms with Crippen LogP contribution in [0.2, 0.25) is 0 Å². The van der Waals surface area contributed by atoms with Gasteiger partial charge in [-0.25, -0.2) is 0 Å². The van der Waals surface area contributed by atoms with E-state index < -0.39 is 0 Å². The van der Waals surface area contributed by atoms with Crippen LogP contribution >= 0.6 is 0 Å². The number of rotatable bonds is 3. The maximum absolute atomic E-state index is 6.07. The zero-order chi connectivity index (χ0) is 15.6. The van der Waals surface area contributed by atoms with Gasteiger partial charge in [0.1, 0.15) is 0 Å². The van der Waals surface area contributed by atoms with E-state index in [4.69, 9.17) is 5.73 Å². The van der Waals surface area contributed by atoms with Gasteiger partial charge in [-0.1, -0.05) is 45.0 Å². The quantitative estimate of drug-likeness (QED) is 0.907. The largest absolute Gasteiger partial charge is 0.330 e. The summed E-state index contributed by atoms with van der Waals surface area (Å²) in [5.74, 6) is 0.585. The molecule has 0 aliphatic carbocycles. The number of hydrogen-bond acceptors (Lipinski definition) is 2. The summed E-state index contributed by atoms with van der Waals surface area (Å²) < 4.78 is 0. The van der Waals surface area contributed by atoms with Crippen molar-refractivity contribution in [1.82, 2.24) is 4.90 Å². The van der Waals surface area contributed by atoms with Crippen molar-refractivity contribution < 1.29 is 0 Å². The summed E-state index contributed by atoms with van der Waals surface area (Å²) in [7, 11) is 0. The predicted molar refractivity (Wildman–Crippen MR) is 91.5 cm³/mol. The number of benzene rings is 1. The van der Waals surface area contributed by atoms with Gasteiger partial charge in [-0.2, -0.15) is 0 Å². The molecule has 1 aliphatic heterocycles. The van der Waals surface area contributed by atoms with E-state index in [9.17, 15) is 0 Å². The fraction of sp³-hybridized carbons (Fsp3) is 0.684. The second kappa shape index (κ2) is 6.50. The molecule has 1 saturated heterocycles. The van der Waals surface area contributed by atoms with E-state index in [1.54, 1.807) is 0 Å². The minimum absolute atomic E-state index is 0.218. The molecular weight excluding hydrogens is 256 g/mol. The van der Waals surface area contributed by atoms with E-state index in [2.05, 4.69) is 63.8 Å². The van der Waals surface area contributed by atoms with Crippen molar-refractivity contribution in [2.24, 2.45) is 11.7 Å². The molecule has 21 heavy (non-hydrogen) atoms. The van der Waals surface area contributed by atoms with Crippen molar-refractivity contribution in [2.75, 3.05) is 13.1 Å². The third kappa shape index (κ3) is 3.67. The van der Waals surface area contributed by atoms with Crippen molar-refractivity contribution in [3.63, 3.8) is 0 Å². The Morgan fingerprint density at radius 1 is 1.19 bits per heavy atom. The van der Waals surface area contributed by atoms with Crippen LogP contribution in [0.15, 0.2) is 24.3 Å². The van der Waals surface area contributed by atoms with Gasteiger partial charge in [0.25, 0.3) is 0 Å². The maximum Gasteiger partial charge on any atom is 0.0391 e. The first-order valence-corrected chi connectivity index (χ1v) is 8.41. The molecule has 118 valence electrons. The van der Waals surface area contributed by atoms with Crippen molar-refractivity contribution in [3.8, 4) is 0 Å². The molecule has 1 heterocycles. The lowest BCUT2D eigenvalue weighted by atomic mass is 9.81. The first-order valence-electron chi connectivity index (χ1n) is 8.41. The number of piperidine rings is 1. The third-order valence-electron chi connectivity index (χ3n) is 4.88. The van der Waals surface area contributed by atoms with E-state index in [0.29, 0.717) is 18.0 Å². The van der Waals surface area contributed by atoms with Crippen molar-refractivity contribution in [3.05, 3.63) is 35.4 Å². The van der Waals surface area contributed by atoms with Gasteiger partial charge >= 0.3 is 0 Å². The molecule has 1 aromatic rings. The molecule has 0 radical (unpaired) electrons. The van der Waals surface area contributed by atoms with Crippen LogP contribution in [0.3, 0.4) is 0 Å². The molecule has 0 aromatic heterocycles. The van der Waals surface area contributed by atoms with Crippen LogP contribution in [0, 0.1) is 5.92 Å². The van der Waals surface area contributed by atoms with Crippen LogP contribution < -0.4 is 5.73 Å². The molecule has 2 rings (SSSR count). The van der Waals surface area contributed by atoms with Crippen LogP contribution in [0.1, 0.15) is 64.6 Å². The lowest BCUT2D eigenvalue weighted by molar-refractivity contribution is 0.0665. The zero-order valence-corrected chi connectivity index (χ0v) is 14.4. The molecule has 1 aliphatic rings. The maximum atomic E-state index is 6.07. The Morgan fingerprint density at radius 2 is 1.81 bits per heavy atom. The normalized spacial score (nSPS) is 24.5. The topological polar surface area (TPSA) is 29.3 Å². The number of nitrogens with two attached hydrogens (primary N) is 1. The third-order valence-corrected chi connectivity index (χ3v) is 4.88. The Bertz CT molecular complexity index is 442. The molecule has 0 spiro atoms. The van der Waals surface area contributed by atoms with Crippen LogP contribution in [0.5, 0.6) is 0 Å². The van der Waals surface area contributed by atoms with Crippen molar-refractivity contribution in [1.29, 1.82) is 0 Å². The van der Waals surface area contributed by atoms with E-state index in [-0.39, 0.29) is 5.41 Å². The minimum Gasteiger partial charge on any atom is -0.330 e. The number of nitrogens with zero attached hydrogens (tertiary/aromatic N) is 1. The molecule has 2 heteroatoms. The van der Waals surface area contributed by atoms with Crippen LogP contribution in [-0.2, 0) is 5.41 Å². The van der Waals surface area contributed by atoms with Crippen LogP contribution in [0.25, 0.3) is 0 Å². The van der Waals surface area contributed by atoms with Gasteiger partial charge in [0.2, 0.25) is 0 Å². The summed E-state index contributed by atoms with van der Waals surface area (Å²) in [5.41, 5.74) is 9.13. The van der Waals surface area contributed by atoms with Crippen molar-refractivity contribution in [2.45, 2.75) is 65.0 Å². The second-order valence-electron chi connectivity index (χ2n) is 7.79. The molecule has 1 fully saturated rings. The van der Waals surface area contributed by atoms with Crippen molar-refractivity contribution >= 4 is 0 Å². The van der Waals surface area contributed by atoms with Gasteiger partial charge in [-0.05, 0) is 62.2 Å². The lowest BCUT2D eigenvalue weighted by Gasteiger charge is -2.44. The van der Waals surface area contributed by atoms with E-state index in [1.165, 1.54) is 30.5 Å². The summed E-state index contributed by atoms with van der Waals surface area (Å²) in [6.07, 6.45) is 2.53. The van der Waals surface area contributed by atoms with E-state index in [0.717, 1.165) is 6.54 Å². The highest BCUT2D eigenvalue weighted by Gasteiger charge is 2.33. The summed E-state index contributed by atoms with van der Waals surface area (Å²) in [6, 6.07) is 10.3. The highest BCUT2D eigenvalue weighted by molar-refractivity contribution is 5.30. The summed E-state index contributed by atoms with van der Waals surface area (Å²) in [6.45, 7) is 13.4. The molecule has 2 N–H and O–H groups in total. The fourth-order valence-electron chi connectivity index (χ4n) is 3.57. The minimum atomic E-state index is 0.218. The van der Waals surface area contributed by atoms with Gasteiger partial charge in [0.15, 0.2) is 0 Å². The summed E-state index contributed by atoms with van der Waals surface area (Å²) in [4.78, 5) is 2.63. The molecular formula is C19H32N2. The first-order chi connectivity index (χ1) is 9.84. The Kier molecular flexibility index (Phi) is 5.11. The van der Waals surface area contributed by atoms with Gasteiger partial charge in [-0.15, -0.1) is 0 Å². The predicted octanol–water partition coefficient (Wildman–Crippen LogP) is 4.10. The molecule has 0 amide bonds. The molecule has 2 unspecified atom stereocenters. The average Bonchev–Trinajstić information content (AvgIpc) is 2.45. The fourth-order valence-corrected chi connectivity index (χ4v) is 3.57. The number of hydrogen-bond donors (Lipinski definition) is 1. The smallest absolute Gasteiger partial charge is 0.0391 e. The van der Waals surface area contributed by atoms with E-state index >= 15 is 0 Å². The zero-order valence-electron chi connectivity index (χ0n) is 14.4. The van der Waals surface area contributed by atoms with Gasteiger partial charge < -0.3 is 5.73 Å². The monoisotopic (exact) mass is 288 g/mol. The van der Waals surface area contributed by atoms with Gasteiger partial charge in [0, 0.05) is 12.1 Å². The van der Waals surface area contributed by atoms with Gasteiger partial charge in [-0.3, -0.25) is 4.90 Å². The molecule has 0 saturated carbocycles. The Hall–Kier alpha value is -0.860. The van der Waals surface area contributed by atoms with Crippen LogP contribution in [0.4, 0.5) is 0 Å². The van der Waals surface area contributed by atoms with E-state index in [1.807, 2.05) is 0 Å². The average molecular weight is 288 g/mol. The molecule has 2 nitrogen and oxygen atoms in total. The number of likely N-dealkylation sites (tertiary alicyclic amines) is 1. The molecule has 2 atom stereocenters. The summed E-state index contributed by atoms with van der Waals surface area (Å²) >= 11 is 0. The second-order valence-corrected chi connectivity index (χ2v) is 7.79. The van der Waals surface area contributed by atoms with Crippen LogP contribution in [-0.4, -0.2) is 24.0 Å². The Morgan fingerprint density at radius 3 is 2.29 bits per heavy atom. The standard InChI is InChI=1S/C19H32N2/c1-14(2)21-12-6-7-16(13-20)18(21)15-8-10-17(11-9-15)19(3,4)5/h8-11,14,16,18H,6-7,12-13,20H2,1-5H3. The molecule has 1 aromatic carbocycles. The molecule has 0 bridgehead atoms. The highest BCUT2D eigenvalue weighted by atomic mass is 15.2. The first kappa shape index (κ1) is 16.5. The highest BCUT2D eigenvalue weighted by Crippen LogP contribution is 2.37. The van der Waals surface area contributed by atoms with Gasteiger partial charge in [0.05, 0.1) is 0 Å². The Balaban J connectivity index is 2.31. The SMILES string of the molecule is CC(C)N1CCCC(CN)C1c1ccc(C(C)(C)C)cc1. The lowest BCUT2D eigenvalue weighted by Crippen LogP contribution is -2.44.